The molecule has 0 saturated heterocycles. The molecule has 1 aliphatic carbocycles. The van der Waals surface area contributed by atoms with Crippen molar-refractivity contribution in [2.24, 2.45) is 0 Å². The summed E-state index contributed by atoms with van der Waals surface area (Å²) < 4.78 is 0. The number of hydrogen-bond donors (Lipinski definition) is 1. The molecule has 182 valence electrons. The van der Waals surface area contributed by atoms with Crippen molar-refractivity contribution in [2.75, 3.05) is 5.75 Å². The van der Waals surface area contributed by atoms with Crippen molar-refractivity contribution in [1.29, 1.82) is 0 Å². The highest BCUT2D eigenvalue weighted by molar-refractivity contribution is 7.99. The van der Waals surface area contributed by atoms with Crippen LogP contribution in [-0.4, -0.2) is 39.5 Å². The number of amides is 2. The third-order valence-electron chi connectivity index (χ3n) is 6.17. The Balaban J connectivity index is 1.65. The minimum atomic E-state index is -0.519. The summed E-state index contributed by atoms with van der Waals surface area (Å²) in [6.07, 6.45) is 6.03. The number of nitrogens with zero attached hydrogens (tertiary/aromatic N) is 2. The van der Waals surface area contributed by atoms with Gasteiger partial charge in [-0.25, -0.2) is 0 Å². The lowest BCUT2D eigenvalue weighted by Crippen LogP contribution is -2.52. The average molecular weight is 484 g/mol. The van der Waals surface area contributed by atoms with Gasteiger partial charge in [-0.05, 0) is 30.4 Å². The highest BCUT2D eigenvalue weighted by Gasteiger charge is 2.30. The highest BCUT2D eigenvalue weighted by atomic mass is 32.2. The summed E-state index contributed by atoms with van der Waals surface area (Å²) in [6, 6.07) is 15.8. The first-order valence-electron chi connectivity index (χ1n) is 11.9. The van der Waals surface area contributed by atoms with Crippen LogP contribution in [0, 0.1) is 10.1 Å². The smallest absolute Gasteiger partial charge is 0.269 e. The van der Waals surface area contributed by atoms with E-state index in [9.17, 15) is 19.7 Å². The maximum absolute atomic E-state index is 13.3. The van der Waals surface area contributed by atoms with Crippen LogP contribution in [0.15, 0.2) is 54.6 Å². The summed E-state index contributed by atoms with van der Waals surface area (Å²) in [5, 5.41) is 14.0. The molecule has 3 rings (SSSR count). The van der Waals surface area contributed by atoms with Gasteiger partial charge < -0.3 is 10.2 Å². The molecule has 0 aromatic heterocycles. The predicted molar refractivity (Wildman–Crippen MR) is 135 cm³/mol. The molecule has 1 N–H and O–H groups in total. The Kier molecular flexibility index (Phi) is 9.94. The molecule has 0 aliphatic heterocycles. The number of rotatable bonds is 11. The molecule has 1 fully saturated rings. The molecule has 0 heterocycles. The Labute approximate surface area is 205 Å². The third kappa shape index (κ3) is 7.58. The van der Waals surface area contributed by atoms with Crippen LogP contribution in [0.3, 0.4) is 0 Å². The number of thioether (sulfide) groups is 1. The summed E-state index contributed by atoms with van der Waals surface area (Å²) >= 11 is 1.45. The van der Waals surface area contributed by atoms with Crippen LogP contribution in [0.2, 0.25) is 0 Å². The van der Waals surface area contributed by atoms with Gasteiger partial charge in [0.2, 0.25) is 11.8 Å². The molecule has 2 amide bonds. The quantitative estimate of drug-likeness (QED) is 0.355. The Morgan fingerprint density at radius 3 is 2.35 bits per heavy atom. The van der Waals surface area contributed by atoms with Crippen molar-refractivity contribution in [2.45, 2.75) is 69.8 Å². The van der Waals surface area contributed by atoms with E-state index in [-0.39, 0.29) is 29.3 Å². The van der Waals surface area contributed by atoms with E-state index in [1.807, 2.05) is 37.3 Å². The molecule has 1 aliphatic rings. The first-order valence-corrected chi connectivity index (χ1v) is 13.1. The standard InChI is InChI=1S/C26H33N3O4S/c1-2-24(26(31)27-22-11-7-4-8-12-22)28(17-20-9-5-3-6-10-20)25(30)19-34-18-21-13-15-23(16-14-21)29(32)33/h3,5-6,9-10,13-16,22,24H,2,4,7-8,11-12,17-19H2,1H3,(H,27,31)/t24-/m0/s1. The Morgan fingerprint density at radius 2 is 1.74 bits per heavy atom. The van der Waals surface area contributed by atoms with Crippen molar-refractivity contribution in [3.63, 3.8) is 0 Å². The Hall–Kier alpha value is -2.87. The van der Waals surface area contributed by atoms with Crippen molar-refractivity contribution < 1.29 is 14.5 Å². The van der Waals surface area contributed by atoms with Gasteiger partial charge in [-0.3, -0.25) is 19.7 Å². The van der Waals surface area contributed by atoms with Gasteiger partial charge in [0.05, 0.1) is 10.7 Å². The molecule has 1 saturated carbocycles. The summed E-state index contributed by atoms with van der Waals surface area (Å²) in [7, 11) is 0. The monoisotopic (exact) mass is 483 g/mol. The van der Waals surface area contributed by atoms with E-state index in [1.165, 1.54) is 30.3 Å². The van der Waals surface area contributed by atoms with Gasteiger partial charge in [0.15, 0.2) is 0 Å². The maximum Gasteiger partial charge on any atom is 0.269 e. The van der Waals surface area contributed by atoms with Crippen LogP contribution in [0.4, 0.5) is 5.69 Å². The Morgan fingerprint density at radius 1 is 1.06 bits per heavy atom. The molecule has 0 bridgehead atoms. The van der Waals surface area contributed by atoms with Crippen molar-refractivity contribution >= 4 is 29.3 Å². The van der Waals surface area contributed by atoms with E-state index in [0.717, 1.165) is 36.8 Å². The minimum Gasteiger partial charge on any atom is -0.352 e. The summed E-state index contributed by atoms with van der Waals surface area (Å²) in [4.78, 5) is 38.6. The van der Waals surface area contributed by atoms with Gasteiger partial charge in [0, 0.05) is 30.5 Å². The maximum atomic E-state index is 13.3. The van der Waals surface area contributed by atoms with Gasteiger partial charge in [-0.2, -0.15) is 0 Å². The van der Waals surface area contributed by atoms with Crippen LogP contribution in [0.25, 0.3) is 0 Å². The molecule has 2 aromatic carbocycles. The fourth-order valence-corrected chi connectivity index (χ4v) is 5.17. The molecular weight excluding hydrogens is 450 g/mol. The predicted octanol–water partition coefficient (Wildman–Crippen LogP) is 5.08. The van der Waals surface area contributed by atoms with E-state index in [1.54, 1.807) is 17.0 Å². The molecule has 2 aromatic rings. The normalized spacial score (nSPS) is 14.9. The third-order valence-corrected chi connectivity index (χ3v) is 7.16. The van der Waals surface area contributed by atoms with Crippen LogP contribution in [0.5, 0.6) is 0 Å². The SMILES string of the molecule is CC[C@@H](C(=O)NC1CCCCC1)N(Cc1ccccc1)C(=O)CSCc1ccc([N+](=O)[O-])cc1. The lowest BCUT2D eigenvalue weighted by atomic mass is 9.95. The number of hydrogen-bond acceptors (Lipinski definition) is 5. The van der Waals surface area contributed by atoms with Crippen molar-refractivity contribution in [1.82, 2.24) is 10.2 Å². The minimum absolute atomic E-state index is 0.0497. The summed E-state index contributed by atoms with van der Waals surface area (Å²) in [5.74, 6) is 0.644. The zero-order chi connectivity index (χ0) is 24.3. The van der Waals surface area contributed by atoms with E-state index in [0.29, 0.717) is 18.7 Å². The van der Waals surface area contributed by atoms with Crippen LogP contribution >= 0.6 is 11.8 Å². The first kappa shape index (κ1) is 25.7. The number of nitro groups is 1. The molecule has 8 heteroatoms. The Bertz CT molecular complexity index is 946. The second kappa shape index (κ2) is 13.1. The largest absolute Gasteiger partial charge is 0.352 e. The number of carbonyl (C=O) groups excluding carboxylic acids is 2. The molecule has 0 spiro atoms. The lowest BCUT2D eigenvalue weighted by molar-refractivity contribution is -0.384. The fourth-order valence-electron chi connectivity index (χ4n) is 4.30. The highest BCUT2D eigenvalue weighted by Crippen LogP contribution is 2.21. The molecule has 0 unspecified atom stereocenters. The molecule has 1 atom stereocenters. The zero-order valence-electron chi connectivity index (χ0n) is 19.7. The van der Waals surface area contributed by atoms with Crippen LogP contribution < -0.4 is 5.32 Å². The van der Waals surface area contributed by atoms with Crippen LogP contribution in [-0.2, 0) is 21.9 Å². The molecule has 7 nitrogen and oxygen atoms in total. The van der Waals surface area contributed by atoms with Gasteiger partial charge >= 0.3 is 0 Å². The van der Waals surface area contributed by atoms with Gasteiger partial charge in [-0.1, -0.05) is 68.7 Å². The zero-order valence-corrected chi connectivity index (χ0v) is 20.5. The molecular formula is C26H33N3O4S. The average Bonchev–Trinajstić information content (AvgIpc) is 2.85. The number of nitrogens with one attached hydrogen (secondary N) is 1. The van der Waals surface area contributed by atoms with E-state index < -0.39 is 11.0 Å². The van der Waals surface area contributed by atoms with Gasteiger partial charge in [0.25, 0.3) is 5.69 Å². The van der Waals surface area contributed by atoms with Gasteiger partial charge in [-0.15, -0.1) is 11.8 Å². The molecule has 34 heavy (non-hydrogen) atoms. The first-order chi connectivity index (χ1) is 16.5. The number of nitro benzene ring substituents is 1. The van der Waals surface area contributed by atoms with Crippen molar-refractivity contribution in [3.05, 3.63) is 75.8 Å². The number of non-ortho nitro benzene ring substituents is 1. The van der Waals surface area contributed by atoms with Crippen molar-refractivity contribution in [3.8, 4) is 0 Å². The lowest BCUT2D eigenvalue weighted by Gasteiger charge is -2.32. The molecule has 0 radical (unpaired) electrons. The van der Waals surface area contributed by atoms with E-state index in [4.69, 9.17) is 0 Å². The second-order valence-electron chi connectivity index (χ2n) is 8.69. The summed E-state index contributed by atoms with van der Waals surface area (Å²) in [6.45, 7) is 2.33. The fraction of sp³-hybridized carbons (Fsp3) is 0.462. The van der Waals surface area contributed by atoms with E-state index >= 15 is 0 Å². The number of carbonyl (C=O) groups is 2. The summed E-state index contributed by atoms with van der Waals surface area (Å²) in [5.41, 5.74) is 1.95. The van der Waals surface area contributed by atoms with Crippen LogP contribution in [0.1, 0.15) is 56.6 Å². The number of benzene rings is 2. The van der Waals surface area contributed by atoms with E-state index in [2.05, 4.69) is 5.32 Å². The second-order valence-corrected chi connectivity index (χ2v) is 9.68. The van der Waals surface area contributed by atoms with Gasteiger partial charge in [0.1, 0.15) is 6.04 Å². The topological polar surface area (TPSA) is 92.6 Å².